The predicted octanol–water partition coefficient (Wildman–Crippen LogP) is 2.53. The summed E-state index contributed by atoms with van der Waals surface area (Å²) in [7, 11) is 0. The van der Waals surface area contributed by atoms with Crippen LogP contribution in [0.4, 0.5) is 8.78 Å². The summed E-state index contributed by atoms with van der Waals surface area (Å²) in [5.74, 6) is -0.752. The van der Waals surface area contributed by atoms with Crippen molar-refractivity contribution in [1.82, 2.24) is 4.98 Å². The monoisotopic (exact) mass is 232 g/mol. The molecule has 0 spiro atoms. The summed E-state index contributed by atoms with van der Waals surface area (Å²) in [5.41, 5.74) is -0.190. The third-order valence-electron chi connectivity index (χ3n) is 1.89. The number of aromatic hydroxyl groups is 1. The highest BCUT2D eigenvalue weighted by atomic mass is 35.5. The first-order valence-electron chi connectivity index (χ1n) is 4.02. The number of halogens is 3. The molecule has 0 aromatic carbocycles. The predicted molar refractivity (Wildman–Crippen MR) is 49.7 cm³/mol. The van der Waals surface area contributed by atoms with Crippen molar-refractivity contribution >= 4 is 11.6 Å². The van der Waals surface area contributed by atoms with Gasteiger partial charge in [0, 0.05) is 11.8 Å². The molecular formula is C9H7ClF2N2O. The van der Waals surface area contributed by atoms with Crippen molar-refractivity contribution in [3.8, 4) is 11.8 Å². The lowest BCUT2D eigenvalue weighted by atomic mass is 10.1. The number of alkyl halides is 3. The molecule has 1 aromatic heterocycles. The molecule has 0 bridgehead atoms. The highest BCUT2D eigenvalue weighted by Gasteiger charge is 2.19. The molecule has 0 radical (unpaired) electrons. The van der Waals surface area contributed by atoms with Gasteiger partial charge in [-0.3, -0.25) is 4.98 Å². The van der Waals surface area contributed by atoms with Gasteiger partial charge in [0.1, 0.15) is 11.4 Å². The Kier molecular flexibility index (Phi) is 3.81. The van der Waals surface area contributed by atoms with Crippen LogP contribution in [0, 0.1) is 11.3 Å². The minimum atomic E-state index is -2.86. The maximum atomic E-state index is 12.3. The molecule has 0 saturated carbocycles. The summed E-state index contributed by atoms with van der Waals surface area (Å²) in [6.45, 7) is 0. The summed E-state index contributed by atoms with van der Waals surface area (Å²) in [6.07, 6.45) is -1.74. The molecule has 0 fully saturated rings. The van der Waals surface area contributed by atoms with Gasteiger partial charge < -0.3 is 5.11 Å². The number of rotatable bonds is 3. The van der Waals surface area contributed by atoms with Crippen LogP contribution in [0.25, 0.3) is 0 Å². The van der Waals surface area contributed by atoms with Crippen LogP contribution in [0.15, 0.2) is 6.20 Å². The van der Waals surface area contributed by atoms with Gasteiger partial charge in [0.2, 0.25) is 0 Å². The molecule has 0 aliphatic rings. The molecule has 0 amide bonds. The first-order valence-corrected chi connectivity index (χ1v) is 4.56. The number of pyridine rings is 1. The lowest BCUT2D eigenvalue weighted by molar-refractivity contribution is 0.141. The molecule has 1 aromatic rings. The van der Waals surface area contributed by atoms with Gasteiger partial charge >= 0.3 is 0 Å². The lowest BCUT2D eigenvalue weighted by Crippen LogP contribution is -1.99. The van der Waals surface area contributed by atoms with Gasteiger partial charge in [0.15, 0.2) is 0 Å². The van der Waals surface area contributed by atoms with Gasteiger partial charge in [0.05, 0.1) is 18.4 Å². The van der Waals surface area contributed by atoms with Gasteiger partial charge in [-0.25, -0.2) is 8.78 Å². The average Bonchev–Trinajstić information content (AvgIpc) is 2.18. The second-order valence-electron chi connectivity index (χ2n) is 2.77. The summed E-state index contributed by atoms with van der Waals surface area (Å²) in [5, 5.41) is 17.9. The van der Waals surface area contributed by atoms with Crippen LogP contribution < -0.4 is 0 Å². The normalized spacial score (nSPS) is 10.3. The Balaban J connectivity index is 3.27. The van der Waals surface area contributed by atoms with Crippen molar-refractivity contribution in [2.75, 3.05) is 0 Å². The largest absolute Gasteiger partial charge is 0.505 e. The minimum absolute atomic E-state index is 0.0217. The molecular weight excluding hydrogens is 226 g/mol. The Morgan fingerprint density at radius 2 is 2.27 bits per heavy atom. The van der Waals surface area contributed by atoms with E-state index in [0.717, 1.165) is 6.20 Å². The fourth-order valence-corrected chi connectivity index (χ4v) is 1.44. The summed E-state index contributed by atoms with van der Waals surface area (Å²) in [4.78, 5) is 3.40. The molecule has 15 heavy (non-hydrogen) atoms. The summed E-state index contributed by atoms with van der Waals surface area (Å²) in [6, 6.07) is 1.84. The topological polar surface area (TPSA) is 56.9 Å². The number of nitriles is 1. The summed E-state index contributed by atoms with van der Waals surface area (Å²) < 4.78 is 24.7. The van der Waals surface area contributed by atoms with Crippen LogP contribution in [-0.4, -0.2) is 10.1 Å². The molecule has 1 N–H and O–H groups in total. The Bertz CT molecular complexity index is 404. The van der Waals surface area contributed by atoms with Gasteiger partial charge in [-0.1, -0.05) is 0 Å². The molecule has 0 atom stereocenters. The van der Waals surface area contributed by atoms with Crippen LogP contribution in [0.3, 0.4) is 0 Å². The molecule has 80 valence electrons. The van der Waals surface area contributed by atoms with E-state index in [-0.39, 0.29) is 17.9 Å². The first-order chi connectivity index (χ1) is 7.11. The maximum Gasteiger partial charge on any atom is 0.284 e. The van der Waals surface area contributed by atoms with Gasteiger partial charge in [-0.15, -0.1) is 11.6 Å². The summed E-state index contributed by atoms with van der Waals surface area (Å²) >= 11 is 5.51. The van der Waals surface area contributed by atoms with Crippen molar-refractivity contribution in [3.05, 3.63) is 23.0 Å². The second kappa shape index (κ2) is 4.89. The Hall–Kier alpha value is -1.41. The number of aromatic nitrogens is 1. The van der Waals surface area contributed by atoms with E-state index in [2.05, 4.69) is 4.98 Å². The number of nitrogens with zero attached hydrogens (tertiary/aromatic N) is 2. The zero-order chi connectivity index (χ0) is 11.4. The molecule has 1 rings (SSSR count). The van der Waals surface area contributed by atoms with Crippen molar-refractivity contribution in [2.45, 2.75) is 18.7 Å². The van der Waals surface area contributed by atoms with Gasteiger partial charge in [-0.2, -0.15) is 5.26 Å². The first kappa shape index (κ1) is 11.7. The van der Waals surface area contributed by atoms with Crippen molar-refractivity contribution in [2.24, 2.45) is 0 Å². The van der Waals surface area contributed by atoms with Crippen LogP contribution in [0.5, 0.6) is 5.75 Å². The quantitative estimate of drug-likeness (QED) is 0.815. The Morgan fingerprint density at radius 3 is 2.73 bits per heavy atom. The Labute approximate surface area is 89.9 Å². The zero-order valence-corrected chi connectivity index (χ0v) is 8.30. The highest BCUT2D eigenvalue weighted by molar-refractivity contribution is 6.17. The molecule has 0 aliphatic carbocycles. The van der Waals surface area contributed by atoms with Crippen LogP contribution >= 0.6 is 11.6 Å². The Morgan fingerprint density at radius 1 is 1.60 bits per heavy atom. The van der Waals surface area contributed by atoms with E-state index in [9.17, 15) is 13.9 Å². The van der Waals surface area contributed by atoms with Gasteiger partial charge in [-0.05, 0) is 5.56 Å². The third kappa shape index (κ3) is 2.34. The van der Waals surface area contributed by atoms with Crippen molar-refractivity contribution in [1.29, 1.82) is 5.26 Å². The van der Waals surface area contributed by atoms with E-state index in [4.69, 9.17) is 16.9 Å². The maximum absolute atomic E-state index is 12.3. The van der Waals surface area contributed by atoms with E-state index in [1.807, 2.05) is 6.07 Å². The lowest BCUT2D eigenvalue weighted by Gasteiger charge is -2.09. The number of hydrogen-bond donors (Lipinski definition) is 1. The number of hydrogen-bond acceptors (Lipinski definition) is 3. The van der Waals surface area contributed by atoms with Crippen molar-refractivity contribution < 1.29 is 13.9 Å². The molecule has 0 saturated heterocycles. The van der Waals surface area contributed by atoms with E-state index < -0.39 is 17.9 Å². The standard InChI is InChI=1S/C9H7ClF2N2O/c10-3-6-5(1-2-13)4-14-7(8(6)15)9(11)12/h4,9,15H,1,3H2. The second-order valence-corrected chi connectivity index (χ2v) is 3.03. The van der Waals surface area contributed by atoms with E-state index in [0.29, 0.717) is 5.56 Å². The van der Waals surface area contributed by atoms with Crippen LogP contribution in [0.1, 0.15) is 23.2 Å². The van der Waals surface area contributed by atoms with Gasteiger partial charge in [0.25, 0.3) is 6.43 Å². The average molecular weight is 233 g/mol. The fourth-order valence-electron chi connectivity index (χ4n) is 1.14. The van der Waals surface area contributed by atoms with E-state index >= 15 is 0 Å². The SMILES string of the molecule is N#CCc1cnc(C(F)F)c(O)c1CCl. The van der Waals surface area contributed by atoms with E-state index in [1.54, 1.807) is 0 Å². The highest BCUT2D eigenvalue weighted by Crippen LogP contribution is 2.32. The molecule has 0 aliphatic heterocycles. The zero-order valence-electron chi connectivity index (χ0n) is 7.54. The smallest absolute Gasteiger partial charge is 0.284 e. The third-order valence-corrected chi connectivity index (χ3v) is 2.15. The van der Waals surface area contributed by atoms with Crippen LogP contribution in [-0.2, 0) is 12.3 Å². The molecule has 3 nitrogen and oxygen atoms in total. The van der Waals surface area contributed by atoms with E-state index in [1.165, 1.54) is 0 Å². The minimum Gasteiger partial charge on any atom is -0.505 e. The molecule has 6 heteroatoms. The fraction of sp³-hybridized carbons (Fsp3) is 0.333. The van der Waals surface area contributed by atoms with Crippen LogP contribution in [0.2, 0.25) is 0 Å². The molecule has 0 unspecified atom stereocenters. The van der Waals surface area contributed by atoms with Crippen molar-refractivity contribution in [3.63, 3.8) is 0 Å². The molecule has 1 heterocycles.